The molecule has 0 aromatic rings. The number of hydrogen-bond acceptors (Lipinski definition) is 3. The molecule has 0 saturated carbocycles. The lowest BCUT2D eigenvalue weighted by Crippen LogP contribution is -2.57. The SMILES string of the molecule is CC(C)(O)C(C)(C)NCC(=O)N1CCCC1. The second kappa shape index (κ2) is 4.72. The Hall–Kier alpha value is -0.610. The van der Waals surface area contributed by atoms with E-state index in [1.54, 1.807) is 13.8 Å². The number of nitrogens with zero attached hydrogens (tertiary/aromatic N) is 1. The Labute approximate surface area is 98.0 Å². The van der Waals surface area contributed by atoms with Crippen LogP contribution in [0.3, 0.4) is 0 Å². The van der Waals surface area contributed by atoms with E-state index >= 15 is 0 Å². The van der Waals surface area contributed by atoms with E-state index in [9.17, 15) is 9.90 Å². The van der Waals surface area contributed by atoms with Crippen molar-refractivity contribution in [1.29, 1.82) is 0 Å². The van der Waals surface area contributed by atoms with E-state index in [4.69, 9.17) is 0 Å². The van der Waals surface area contributed by atoms with Gasteiger partial charge in [-0.3, -0.25) is 4.79 Å². The average molecular weight is 228 g/mol. The fourth-order valence-corrected chi connectivity index (χ4v) is 1.59. The highest BCUT2D eigenvalue weighted by molar-refractivity contribution is 5.78. The first-order valence-corrected chi connectivity index (χ1v) is 5.99. The van der Waals surface area contributed by atoms with Crippen molar-refractivity contribution in [1.82, 2.24) is 10.2 Å². The lowest BCUT2D eigenvalue weighted by Gasteiger charge is -2.38. The minimum Gasteiger partial charge on any atom is -0.389 e. The van der Waals surface area contributed by atoms with Gasteiger partial charge in [0.25, 0.3) is 0 Å². The van der Waals surface area contributed by atoms with Gasteiger partial charge in [-0.2, -0.15) is 0 Å². The maximum atomic E-state index is 11.8. The van der Waals surface area contributed by atoms with Gasteiger partial charge in [-0.1, -0.05) is 0 Å². The molecule has 0 aromatic heterocycles. The molecule has 94 valence electrons. The molecule has 0 radical (unpaired) electrons. The van der Waals surface area contributed by atoms with Crippen molar-refractivity contribution in [2.75, 3.05) is 19.6 Å². The summed E-state index contributed by atoms with van der Waals surface area (Å²) < 4.78 is 0. The van der Waals surface area contributed by atoms with Crippen LogP contribution in [0.15, 0.2) is 0 Å². The fourth-order valence-electron chi connectivity index (χ4n) is 1.59. The van der Waals surface area contributed by atoms with Gasteiger partial charge in [0.1, 0.15) is 0 Å². The summed E-state index contributed by atoms with van der Waals surface area (Å²) >= 11 is 0. The number of rotatable bonds is 4. The highest BCUT2D eigenvalue weighted by Gasteiger charge is 2.35. The Bertz CT molecular complexity index is 250. The molecule has 1 amide bonds. The van der Waals surface area contributed by atoms with Gasteiger partial charge >= 0.3 is 0 Å². The molecule has 0 spiro atoms. The Morgan fingerprint density at radius 2 is 1.75 bits per heavy atom. The molecule has 1 rings (SSSR count). The van der Waals surface area contributed by atoms with Crippen molar-refractivity contribution in [3.05, 3.63) is 0 Å². The van der Waals surface area contributed by atoms with E-state index in [1.807, 2.05) is 18.7 Å². The average Bonchev–Trinajstić information content (AvgIpc) is 2.65. The van der Waals surface area contributed by atoms with Crippen molar-refractivity contribution in [3.8, 4) is 0 Å². The van der Waals surface area contributed by atoms with Crippen molar-refractivity contribution in [2.45, 2.75) is 51.7 Å². The largest absolute Gasteiger partial charge is 0.389 e. The van der Waals surface area contributed by atoms with E-state index in [-0.39, 0.29) is 5.91 Å². The molecule has 1 heterocycles. The molecule has 0 bridgehead atoms. The molecule has 0 unspecified atom stereocenters. The highest BCUT2D eigenvalue weighted by Crippen LogP contribution is 2.20. The van der Waals surface area contributed by atoms with E-state index in [1.165, 1.54) is 0 Å². The smallest absolute Gasteiger partial charge is 0.236 e. The van der Waals surface area contributed by atoms with E-state index in [0.717, 1.165) is 25.9 Å². The minimum atomic E-state index is -0.849. The summed E-state index contributed by atoms with van der Waals surface area (Å²) in [6.45, 7) is 9.37. The molecular formula is C12H24N2O2. The summed E-state index contributed by atoms with van der Waals surface area (Å²) in [6, 6.07) is 0. The number of nitrogens with one attached hydrogen (secondary N) is 1. The van der Waals surface area contributed by atoms with Crippen LogP contribution in [0.25, 0.3) is 0 Å². The lowest BCUT2D eigenvalue weighted by molar-refractivity contribution is -0.130. The Balaban J connectivity index is 2.41. The van der Waals surface area contributed by atoms with Crippen LogP contribution in [-0.4, -0.2) is 46.7 Å². The summed E-state index contributed by atoms with van der Waals surface area (Å²) in [6.07, 6.45) is 2.22. The third-order valence-electron chi connectivity index (χ3n) is 3.67. The van der Waals surface area contributed by atoms with Crippen molar-refractivity contribution >= 4 is 5.91 Å². The molecular weight excluding hydrogens is 204 g/mol. The number of carbonyl (C=O) groups is 1. The molecule has 4 heteroatoms. The summed E-state index contributed by atoms with van der Waals surface area (Å²) in [5.74, 6) is 0.134. The molecule has 2 N–H and O–H groups in total. The summed E-state index contributed by atoms with van der Waals surface area (Å²) in [4.78, 5) is 13.7. The topological polar surface area (TPSA) is 52.6 Å². The van der Waals surface area contributed by atoms with Gasteiger partial charge < -0.3 is 15.3 Å². The second-order valence-electron chi connectivity index (χ2n) is 5.63. The molecule has 16 heavy (non-hydrogen) atoms. The number of hydrogen-bond donors (Lipinski definition) is 2. The molecule has 0 aromatic carbocycles. The molecule has 1 saturated heterocycles. The van der Waals surface area contributed by atoms with Crippen molar-refractivity contribution < 1.29 is 9.90 Å². The van der Waals surface area contributed by atoms with Crippen LogP contribution in [0, 0.1) is 0 Å². The Morgan fingerprint density at radius 1 is 1.25 bits per heavy atom. The maximum Gasteiger partial charge on any atom is 0.236 e. The lowest BCUT2D eigenvalue weighted by atomic mass is 9.86. The predicted octanol–water partition coefficient (Wildman–Crippen LogP) is 0.748. The zero-order valence-corrected chi connectivity index (χ0v) is 10.8. The molecule has 1 aliphatic heterocycles. The molecule has 1 fully saturated rings. The van der Waals surface area contributed by atoms with Crippen LogP contribution < -0.4 is 5.32 Å². The number of amides is 1. The van der Waals surface area contributed by atoms with Crippen molar-refractivity contribution in [2.24, 2.45) is 0 Å². The molecule has 1 aliphatic rings. The third-order valence-corrected chi connectivity index (χ3v) is 3.67. The normalized spacial score (nSPS) is 17.9. The third kappa shape index (κ3) is 3.19. The number of likely N-dealkylation sites (tertiary alicyclic amines) is 1. The second-order valence-corrected chi connectivity index (χ2v) is 5.63. The van der Waals surface area contributed by atoms with E-state index in [2.05, 4.69) is 5.32 Å². The van der Waals surface area contributed by atoms with Crippen LogP contribution in [0.2, 0.25) is 0 Å². The van der Waals surface area contributed by atoms with E-state index in [0.29, 0.717) is 6.54 Å². The molecule has 0 aliphatic carbocycles. The summed E-state index contributed by atoms with van der Waals surface area (Å²) in [5.41, 5.74) is -1.32. The van der Waals surface area contributed by atoms with Gasteiger partial charge in [-0.05, 0) is 40.5 Å². The zero-order valence-electron chi connectivity index (χ0n) is 10.8. The van der Waals surface area contributed by atoms with Gasteiger partial charge in [0, 0.05) is 18.6 Å². The first kappa shape index (κ1) is 13.5. The Morgan fingerprint density at radius 3 is 2.19 bits per heavy atom. The summed E-state index contributed by atoms with van der Waals surface area (Å²) in [5, 5.41) is 13.1. The van der Waals surface area contributed by atoms with Crippen LogP contribution in [0.5, 0.6) is 0 Å². The summed E-state index contributed by atoms with van der Waals surface area (Å²) in [7, 11) is 0. The van der Waals surface area contributed by atoms with Gasteiger partial charge in [-0.15, -0.1) is 0 Å². The van der Waals surface area contributed by atoms with Crippen LogP contribution >= 0.6 is 0 Å². The van der Waals surface area contributed by atoms with Gasteiger partial charge in [0.2, 0.25) is 5.91 Å². The van der Waals surface area contributed by atoms with Gasteiger partial charge in [0.15, 0.2) is 0 Å². The molecule has 0 atom stereocenters. The predicted molar refractivity (Wildman–Crippen MR) is 64.2 cm³/mol. The van der Waals surface area contributed by atoms with Crippen LogP contribution in [0.4, 0.5) is 0 Å². The first-order chi connectivity index (χ1) is 7.24. The van der Waals surface area contributed by atoms with Gasteiger partial charge in [-0.25, -0.2) is 0 Å². The van der Waals surface area contributed by atoms with Crippen LogP contribution in [-0.2, 0) is 4.79 Å². The quantitative estimate of drug-likeness (QED) is 0.746. The fraction of sp³-hybridized carbons (Fsp3) is 0.917. The van der Waals surface area contributed by atoms with Gasteiger partial charge in [0.05, 0.1) is 12.1 Å². The maximum absolute atomic E-state index is 11.8. The first-order valence-electron chi connectivity index (χ1n) is 5.99. The molecule has 4 nitrogen and oxygen atoms in total. The minimum absolute atomic E-state index is 0.134. The van der Waals surface area contributed by atoms with E-state index < -0.39 is 11.1 Å². The highest BCUT2D eigenvalue weighted by atomic mass is 16.3. The Kier molecular flexibility index (Phi) is 3.97. The van der Waals surface area contributed by atoms with Crippen molar-refractivity contribution in [3.63, 3.8) is 0 Å². The zero-order chi connectivity index (χ0) is 12.4. The standard InChI is InChI=1S/C12H24N2O2/c1-11(2,12(3,4)16)13-9-10(15)14-7-5-6-8-14/h13,16H,5-9H2,1-4H3. The number of carbonyl (C=O) groups excluding carboxylic acids is 1. The number of aliphatic hydroxyl groups is 1. The van der Waals surface area contributed by atoms with Crippen LogP contribution in [0.1, 0.15) is 40.5 Å². The monoisotopic (exact) mass is 228 g/mol.